The zero-order valence-electron chi connectivity index (χ0n) is 7.96. The molecule has 1 aliphatic heterocycles. The molecule has 2 nitrogen and oxygen atoms in total. The standard InChI is InChI=1S/C11H7BClNO/c12-7-1-2-8-10-6(3-4-15-8)5-9(13)14-11(7)10/h1-2,5H,3-4H2. The van der Waals surface area contributed by atoms with Gasteiger partial charge in [-0.2, -0.15) is 0 Å². The lowest BCUT2D eigenvalue weighted by Crippen LogP contribution is -2.14. The Balaban J connectivity index is 2.50. The van der Waals surface area contributed by atoms with Crippen LogP contribution in [0.3, 0.4) is 0 Å². The first kappa shape index (κ1) is 9.04. The van der Waals surface area contributed by atoms with Crippen molar-refractivity contribution in [2.45, 2.75) is 6.42 Å². The summed E-state index contributed by atoms with van der Waals surface area (Å²) >= 11 is 5.94. The van der Waals surface area contributed by atoms with Crippen LogP contribution >= 0.6 is 11.6 Å². The van der Waals surface area contributed by atoms with Gasteiger partial charge in [-0.25, -0.2) is 4.98 Å². The van der Waals surface area contributed by atoms with E-state index in [1.165, 1.54) is 5.56 Å². The molecule has 0 atom stereocenters. The van der Waals surface area contributed by atoms with Crippen LogP contribution in [0.5, 0.6) is 5.75 Å². The topological polar surface area (TPSA) is 22.1 Å². The maximum absolute atomic E-state index is 5.94. The van der Waals surface area contributed by atoms with Crippen molar-refractivity contribution in [3.05, 3.63) is 28.9 Å². The molecule has 72 valence electrons. The molecule has 0 amide bonds. The third-order valence-electron chi connectivity index (χ3n) is 2.63. The first-order valence-corrected chi connectivity index (χ1v) is 5.14. The number of halogens is 1. The summed E-state index contributed by atoms with van der Waals surface area (Å²) in [7, 11) is 5.86. The molecule has 0 aliphatic carbocycles. The monoisotopic (exact) mass is 215 g/mol. The van der Waals surface area contributed by atoms with Crippen LogP contribution in [-0.4, -0.2) is 19.4 Å². The smallest absolute Gasteiger partial charge is 0.130 e. The summed E-state index contributed by atoms with van der Waals surface area (Å²) in [5, 5.41) is 1.49. The van der Waals surface area contributed by atoms with Gasteiger partial charge in [0, 0.05) is 11.8 Å². The highest BCUT2D eigenvalue weighted by Crippen LogP contribution is 2.31. The van der Waals surface area contributed by atoms with Crippen LogP contribution in [-0.2, 0) is 6.42 Å². The van der Waals surface area contributed by atoms with Gasteiger partial charge in [-0.15, -0.1) is 0 Å². The highest BCUT2D eigenvalue weighted by molar-refractivity contribution is 6.39. The van der Waals surface area contributed by atoms with E-state index in [0.717, 1.165) is 23.1 Å². The number of nitrogens with zero attached hydrogens (tertiary/aromatic N) is 1. The van der Waals surface area contributed by atoms with E-state index in [0.29, 0.717) is 17.2 Å². The van der Waals surface area contributed by atoms with E-state index in [1.807, 2.05) is 12.1 Å². The Labute approximate surface area is 93.6 Å². The molecule has 15 heavy (non-hydrogen) atoms. The van der Waals surface area contributed by atoms with Crippen molar-refractivity contribution in [2.24, 2.45) is 0 Å². The zero-order chi connectivity index (χ0) is 10.4. The summed E-state index contributed by atoms with van der Waals surface area (Å²) in [4.78, 5) is 4.24. The van der Waals surface area contributed by atoms with E-state index in [1.54, 1.807) is 6.07 Å². The van der Waals surface area contributed by atoms with E-state index >= 15 is 0 Å². The molecule has 0 bridgehead atoms. The molecule has 0 saturated heterocycles. The van der Waals surface area contributed by atoms with Crippen molar-refractivity contribution >= 4 is 35.8 Å². The molecule has 4 heteroatoms. The quantitative estimate of drug-likeness (QED) is 0.492. The largest absolute Gasteiger partial charge is 0.493 e. The fourth-order valence-electron chi connectivity index (χ4n) is 1.96. The number of rotatable bonds is 0. The molecule has 2 radical (unpaired) electrons. The Morgan fingerprint density at radius 1 is 1.40 bits per heavy atom. The highest BCUT2D eigenvalue weighted by Gasteiger charge is 2.16. The zero-order valence-corrected chi connectivity index (χ0v) is 8.71. The van der Waals surface area contributed by atoms with E-state index in [2.05, 4.69) is 4.98 Å². The second-order valence-corrected chi connectivity index (χ2v) is 3.97. The average molecular weight is 215 g/mol. The normalized spacial score (nSPS) is 13.9. The minimum Gasteiger partial charge on any atom is -0.493 e. The Hall–Kier alpha value is -1.22. The van der Waals surface area contributed by atoms with Crippen LogP contribution in [0, 0.1) is 0 Å². The summed E-state index contributed by atoms with van der Waals surface area (Å²) in [6.07, 6.45) is 0.856. The van der Waals surface area contributed by atoms with Crippen LogP contribution in [0.2, 0.25) is 5.15 Å². The molecule has 0 N–H and O–H groups in total. The minimum atomic E-state index is 0.489. The fourth-order valence-corrected chi connectivity index (χ4v) is 2.18. The van der Waals surface area contributed by atoms with Crippen LogP contribution in [0.4, 0.5) is 0 Å². The van der Waals surface area contributed by atoms with Gasteiger partial charge in [0.15, 0.2) is 0 Å². The summed E-state index contributed by atoms with van der Waals surface area (Å²) in [6, 6.07) is 5.57. The van der Waals surface area contributed by atoms with E-state index in [9.17, 15) is 0 Å². The van der Waals surface area contributed by atoms with Crippen molar-refractivity contribution in [2.75, 3.05) is 6.61 Å². The third-order valence-corrected chi connectivity index (χ3v) is 2.83. The Bertz CT molecular complexity index is 556. The van der Waals surface area contributed by atoms with Gasteiger partial charge in [0.25, 0.3) is 0 Å². The summed E-state index contributed by atoms with van der Waals surface area (Å²) in [6.45, 7) is 0.687. The van der Waals surface area contributed by atoms with E-state index in [4.69, 9.17) is 24.2 Å². The first-order valence-electron chi connectivity index (χ1n) is 4.76. The second kappa shape index (κ2) is 3.14. The fraction of sp³-hybridized carbons (Fsp3) is 0.182. The maximum Gasteiger partial charge on any atom is 0.130 e. The lowest BCUT2D eigenvalue weighted by atomic mass is 9.90. The van der Waals surface area contributed by atoms with Crippen LogP contribution in [0.25, 0.3) is 10.9 Å². The lowest BCUT2D eigenvalue weighted by Gasteiger charge is -2.19. The van der Waals surface area contributed by atoms with Gasteiger partial charge < -0.3 is 4.74 Å². The van der Waals surface area contributed by atoms with Gasteiger partial charge >= 0.3 is 0 Å². The molecular weight excluding hydrogens is 208 g/mol. The van der Waals surface area contributed by atoms with Crippen LogP contribution in [0.1, 0.15) is 5.56 Å². The lowest BCUT2D eigenvalue weighted by molar-refractivity contribution is 0.318. The van der Waals surface area contributed by atoms with Crippen molar-refractivity contribution in [3.8, 4) is 5.75 Å². The van der Waals surface area contributed by atoms with E-state index in [-0.39, 0.29) is 0 Å². The molecule has 0 saturated carbocycles. The Morgan fingerprint density at radius 3 is 3.13 bits per heavy atom. The summed E-state index contributed by atoms with van der Waals surface area (Å²) in [5.74, 6) is 0.851. The molecule has 1 aromatic heterocycles. The van der Waals surface area contributed by atoms with Crippen molar-refractivity contribution in [1.82, 2.24) is 4.98 Å². The SMILES string of the molecule is [B]c1ccc2c3c(cc(Cl)nc13)CCO2. The minimum absolute atomic E-state index is 0.489. The molecule has 2 heterocycles. The van der Waals surface area contributed by atoms with Gasteiger partial charge in [0.05, 0.1) is 12.1 Å². The summed E-state index contributed by atoms with van der Waals surface area (Å²) < 4.78 is 5.55. The predicted molar refractivity (Wildman–Crippen MR) is 61.3 cm³/mol. The second-order valence-electron chi connectivity index (χ2n) is 3.58. The molecule has 1 aliphatic rings. The number of ether oxygens (including phenoxy) is 1. The molecule has 0 unspecified atom stereocenters. The highest BCUT2D eigenvalue weighted by atomic mass is 35.5. The third kappa shape index (κ3) is 1.30. The van der Waals surface area contributed by atoms with Crippen molar-refractivity contribution in [3.63, 3.8) is 0 Å². The van der Waals surface area contributed by atoms with Crippen molar-refractivity contribution < 1.29 is 4.74 Å². The van der Waals surface area contributed by atoms with Crippen molar-refractivity contribution in [1.29, 1.82) is 0 Å². The van der Waals surface area contributed by atoms with Gasteiger partial charge in [0.2, 0.25) is 0 Å². The number of benzene rings is 1. The van der Waals surface area contributed by atoms with Crippen LogP contribution in [0.15, 0.2) is 18.2 Å². The number of pyridine rings is 1. The maximum atomic E-state index is 5.94. The van der Waals surface area contributed by atoms with Crippen LogP contribution < -0.4 is 10.2 Å². The number of hydrogen-bond donors (Lipinski definition) is 0. The van der Waals surface area contributed by atoms with Gasteiger partial charge in [-0.1, -0.05) is 23.1 Å². The van der Waals surface area contributed by atoms with Gasteiger partial charge in [-0.3, -0.25) is 0 Å². The van der Waals surface area contributed by atoms with Gasteiger partial charge in [-0.05, 0) is 17.7 Å². The van der Waals surface area contributed by atoms with Gasteiger partial charge in [0.1, 0.15) is 18.7 Å². The Kier molecular flexibility index (Phi) is 1.89. The molecule has 3 rings (SSSR count). The number of hydrogen-bond acceptors (Lipinski definition) is 2. The molecule has 0 fully saturated rings. The first-order chi connectivity index (χ1) is 7.25. The molecule has 1 aromatic carbocycles. The predicted octanol–water partition coefficient (Wildman–Crippen LogP) is 1.62. The molecular formula is C11H7BClNO. The average Bonchev–Trinajstić information content (AvgIpc) is 2.23. The molecule has 0 spiro atoms. The molecule has 2 aromatic rings. The van der Waals surface area contributed by atoms with E-state index < -0.39 is 0 Å². The number of aromatic nitrogens is 1. The Morgan fingerprint density at radius 2 is 2.27 bits per heavy atom. The summed E-state index contributed by atoms with van der Waals surface area (Å²) in [5.41, 5.74) is 2.55.